The van der Waals surface area contributed by atoms with E-state index in [1.54, 1.807) is 6.20 Å². The Morgan fingerprint density at radius 2 is 1.71 bits per heavy atom. The van der Waals surface area contributed by atoms with E-state index in [-0.39, 0.29) is 17.8 Å². The van der Waals surface area contributed by atoms with E-state index in [4.69, 9.17) is 0 Å². The molecule has 2 heterocycles. The van der Waals surface area contributed by atoms with Gasteiger partial charge in [-0.15, -0.1) is 0 Å². The molecule has 1 aliphatic rings. The summed E-state index contributed by atoms with van der Waals surface area (Å²) in [5.74, 6) is 1.24. The molecule has 0 amide bonds. The summed E-state index contributed by atoms with van der Waals surface area (Å²) in [5, 5.41) is 6.85. The topological polar surface area (TPSA) is 72.0 Å². The molecule has 2 N–H and O–H groups in total. The predicted molar refractivity (Wildman–Crippen MR) is 119 cm³/mol. The summed E-state index contributed by atoms with van der Waals surface area (Å²) in [6.45, 7) is -2.89. The molecule has 0 aliphatic heterocycles. The minimum Gasteiger partial charge on any atom is -0.432 e. The number of ether oxygens (including phenoxy) is 1. The average molecular weight is 490 g/mol. The number of nitrogens with zero attached hydrogens (tertiary/aromatic N) is 3. The number of alkyl halides is 2. The predicted octanol–water partition coefficient (Wildman–Crippen LogP) is 5.27. The third-order valence-electron chi connectivity index (χ3n) is 5.13. The molecule has 2 atom stereocenters. The number of aromatic nitrogens is 3. The molecule has 0 bridgehead atoms. The third-order valence-corrected chi connectivity index (χ3v) is 5.56. The standard InChI is InChI=1S/C22H22BrF2N5O/c23-16-9-15(8-14-4-2-1-3-5-14)20(26-11-16)29-17-6-7-18(10-17)30-22-27-12-19(13-28-22)31-21(24)25/h1-5,9,11-13,17-18,21H,6-8,10H2,(H,26,29)(H,27,28,30)/t17-,18-/m0/s1. The highest BCUT2D eigenvalue weighted by Crippen LogP contribution is 2.28. The van der Waals surface area contributed by atoms with E-state index in [0.29, 0.717) is 5.95 Å². The second-order valence-electron chi connectivity index (χ2n) is 7.44. The lowest BCUT2D eigenvalue weighted by molar-refractivity contribution is -0.0503. The van der Waals surface area contributed by atoms with Crippen molar-refractivity contribution in [1.29, 1.82) is 0 Å². The van der Waals surface area contributed by atoms with Crippen LogP contribution in [0.15, 0.2) is 59.5 Å². The number of anilines is 2. The number of pyridine rings is 1. The molecule has 1 saturated carbocycles. The molecule has 1 fully saturated rings. The van der Waals surface area contributed by atoms with Gasteiger partial charge in [0.15, 0.2) is 5.75 Å². The molecule has 2 aromatic heterocycles. The number of benzene rings is 1. The van der Waals surface area contributed by atoms with Gasteiger partial charge in [0.25, 0.3) is 0 Å². The Morgan fingerprint density at radius 3 is 2.42 bits per heavy atom. The second-order valence-corrected chi connectivity index (χ2v) is 8.36. The first-order valence-corrected chi connectivity index (χ1v) is 10.8. The molecule has 1 aromatic carbocycles. The van der Waals surface area contributed by atoms with Crippen molar-refractivity contribution in [2.45, 2.75) is 44.4 Å². The van der Waals surface area contributed by atoms with Crippen LogP contribution in [0.1, 0.15) is 30.4 Å². The van der Waals surface area contributed by atoms with E-state index >= 15 is 0 Å². The van der Waals surface area contributed by atoms with Crippen LogP contribution in [0, 0.1) is 0 Å². The number of hydrogen-bond donors (Lipinski definition) is 2. The maximum absolute atomic E-state index is 12.2. The molecular weight excluding hydrogens is 468 g/mol. The molecule has 9 heteroatoms. The second kappa shape index (κ2) is 10.00. The summed E-state index contributed by atoms with van der Waals surface area (Å²) in [6.07, 6.45) is 7.89. The summed E-state index contributed by atoms with van der Waals surface area (Å²) < 4.78 is 29.7. The molecule has 162 valence electrons. The Labute approximate surface area is 187 Å². The third kappa shape index (κ3) is 6.10. The first-order valence-electron chi connectivity index (χ1n) is 10.0. The highest BCUT2D eigenvalue weighted by Gasteiger charge is 2.26. The zero-order valence-electron chi connectivity index (χ0n) is 16.6. The summed E-state index contributed by atoms with van der Waals surface area (Å²) >= 11 is 3.52. The smallest absolute Gasteiger partial charge is 0.387 e. The van der Waals surface area contributed by atoms with Gasteiger partial charge < -0.3 is 15.4 Å². The lowest BCUT2D eigenvalue weighted by atomic mass is 10.1. The summed E-state index contributed by atoms with van der Waals surface area (Å²) in [6, 6.07) is 12.9. The number of rotatable bonds is 8. The van der Waals surface area contributed by atoms with Crippen molar-refractivity contribution in [1.82, 2.24) is 15.0 Å². The van der Waals surface area contributed by atoms with Gasteiger partial charge in [-0.2, -0.15) is 8.78 Å². The molecule has 1 aliphatic carbocycles. The quantitative estimate of drug-likeness (QED) is 0.448. The fourth-order valence-corrected chi connectivity index (χ4v) is 4.11. The molecule has 3 aromatic rings. The summed E-state index contributed by atoms with van der Waals surface area (Å²) in [7, 11) is 0. The molecule has 0 saturated heterocycles. The van der Waals surface area contributed by atoms with Crippen molar-refractivity contribution in [2.75, 3.05) is 10.6 Å². The van der Waals surface area contributed by atoms with Crippen LogP contribution in [0.25, 0.3) is 0 Å². The fraction of sp³-hybridized carbons (Fsp3) is 0.318. The van der Waals surface area contributed by atoms with E-state index in [1.807, 2.05) is 18.2 Å². The van der Waals surface area contributed by atoms with Gasteiger partial charge in [0.05, 0.1) is 12.4 Å². The van der Waals surface area contributed by atoms with E-state index in [1.165, 1.54) is 18.0 Å². The molecule has 0 unspecified atom stereocenters. The number of halogens is 3. The van der Waals surface area contributed by atoms with Gasteiger partial charge in [0.1, 0.15) is 5.82 Å². The van der Waals surface area contributed by atoms with Crippen molar-refractivity contribution in [3.05, 3.63) is 70.6 Å². The SMILES string of the molecule is FC(F)Oc1cnc(N[C@H]2CC[C@H](Nc3ncc(Br)cc3Cc3ccccc3)C2)nc1. The van der Waals surface area contributed by atoms with Gasteiger partial charge in [-0.25, -0.2) is 15.0 Å². The molecule has 0 radical (unpaired) electrons. The Kier molecular flexibility index (Phi) is 6.91. The summed E-state index contributed by atoms with van der Waals surface area (Å²) in [4.78, 5) is 12.7. The Morgan fingerprint density at radius 1 is 1.00 bits per heavy atom. The van der Waals surface area contributed by atoms with E-state index in [9.17, 15) is 8.78 Å². The van der Waals surface area contributed by atoms with Crippen molar-refractivity contribution in [2.24, 2.45) is 0 Å². The van der Waals surface area contributed by atoms with Crippen LogP contribution < -0.4 is 15.4 Å². The van der Waals surface area contributed by atoms with Gasteiger partial charge in [-0.05, 0) is 52.4 Å². The zero-order valence-corrected chi connectivity index (χ0v) is 18.2. The van der Waals surface area contributed by atoms with Crippen LogP contribution in [0.2, 0.25) is 0 Å². The molecule has 4 rings (SSSR count). The van der Waals surface area contributed by atoms with Gasteiger partial charge in [0, 0.05) is 29.2 Å². The normalized spacial score (nSPS) is 18.2. The van der Waals surface area contributed by atoms with Crippen LogP contribution in [0.5, 0.6) is 5.75 Å². The van der Waals surface area contributed by atoms with Crippen LogP contribution >= 0.6 is 15.9 Å². The lowest BCUT2D eigenvalue weighted by Crippen LogP contribution is -2.22. The average Bonchev–Trinajstić information content (AvgIpc) is 3.19. The first kappa shape index (κ1) is 21.4. The number of hydrogen-bond acceptors (Lipinski definition) is 6. The molecular formula is C22H22BrF2N5O. The Bertz CT molecular complexity index is 991. The van der Waals surface area contributed by atoms with E-state index in [0.717, 1.165) is 41.5 Å². The first-order chi connectivity index (χ1) is 15.0. The van der Waals surface area contributed by atoms with Crippen molar-refractivity contribution in [3.8, 4) is 5.75 Å². The highest BCUT2D eigenvalue weighted by atomic mass is 79.9. The minimum absolute atomic E-state index is 0.0567. The number of nitrogens with one attached hydrogen (secondary N) is 2. The van der Waals surface area contributed by atoms with Gasteiger partial charge in [-0.3, -0.25) is 0 Å². The maximum atomic E-state index is 12.2. The summed E-state index contributed by atoms with van der Waals surface area (Å²) in [5.41, 5.74) is 2.36. The van der Waals surface area contributed by atoms with Crippen LogP contribution in [-0.4, -0.2) is 33.6 Å². The van der Waals surface area contributed by atoms with Crippen LogP contribution in [0.3, 0.4) is 0 Å². The van der Waals surface area contributed by atoms with Crippen molar-refractivity contribution < 1.29 is 13.5 Å². The van der Waals surface area contributed by atoms with Gasteiger partial charge >= 0.3 is 6.61 Å². The maximum Gasteiger partial charge on any atom is 0.387 e. The minimum atomic E-state index is -2.89. The van der Waals surface area contributed by atoms with E-state index < -0.39 is 6.61 Å². The lowest BCUT2D eigenvalue weighted by Gasteiger charge is -2.18. The van der Waals surface area contributed by atoms with Crippen LogP contribution in [0.4, 0.5) is 20.5 Å². The zero-order chi connectivity index (χ0) is 21.6. The van der Waals surface area contributed by atoms with E-state index in [2.05, 4.69) is 64.5 Å². The molecule has 6 nitrogen and oxygen atoms in total. The Hall–Kier alpha value is -2.81. The highest BCUT2D eigenvalue weighted by molar-refractivity contribution is 9.10. The molecule has 31 heavy (non-hydrogen) atoms. The van der Waals surface area contributed by atoms with Gasteiger partial charge in [0.2, 0.25) is 5.95 Å². The van der Waals surface area contributed by atoms with Crippen molar-refractivity contribution in [3.63, 3.8) is 0 Å². The monoisotopic (exact) mass is 489 g/mol. The van der Waals surface area contributed by atoms with Crippen LogP contribution in [-0.2, 0) is 6.42 Å². The fourth-order valence-electron chi connectivity index (χ4n) is 3.74. The largest absolute Gasteiger partial charge is 0.432 e. The van der Waals surface area contributed by atoms with Gasteiger partial charge in [-0.1, -0.05) is 30.3 Å². The van der Waals surface area contributed by atoms with Crippen molar-refractivity contribution >= 4 is 27.7 Å². The molecule has 0 spiro atoms. The Balaban J connectivity index is 1.36.